The van der Waals surface area contributed by atoms with Crippen LogP contribution in [0.15, 0.2) is 56.7 Å². The van der Waals surface area contributed by atoms with Gasteiger partial charge in [0.25, 0.3) is 11.1 Å². The summed E-state index contributed by atoms with van der Waals surface area (Å²) in [7, 11) is 0. The molecule has 5 rings (SSSR count). The smallest absolute Gasteiger partial charge is 0.277 e. The molecule has 234 valence electrons. The Morgan fingerprint density at radius 2 is 0.909 bits per heavy atom. The first-order valence-corrected chi connectivity index (χ1v) is 17.9. The molecule has 0 saturated heterocycles. The molecule has 4 aromatic heterocycles. The number of benzene rings is 1. The van der Waals surface area contributed by atoms with E-state index in [1.54, 1.807) is 9.13 Å². The monoisotopic (exact) mass is 632 g/mol. The molecular weight excluding hydrogens is 589 g/mol. The molecule has 0 radical (unpaired) electrons. The van der Waals surface area contributed by atoms with Crippen LogP contribution in [0.3, 0.4) is 0 Å². The third-order valence-corrected chi connectivity index (χ3v) is 9.77. The van der Waals surface area contributed by atoms with Gasteiger partial charge in [0, 0.05) is 26.2 Å². The van der Waals surface area contributed by atoms with E-state index >= 15 is 0 Å². The number of aromatic nitrogens is 4. The van der Waals surface area contributed by atoms with Crippen molar-refractivity contribution in [1.29, 1.82) is 0 Å². The molecule has 0 spiro atoms. The molecule has 0 fully saturated rings. The average Bonchev–Trinajstić information content (AvgIpc) is 3.72. The van der Waals surface area contributed by atoms with Crippen LogP contribution < -0.4 is 20.9 Å². The van der Waals surface area contributed by atoms with Crippen molar-refractivity contribution in [2.75, 3.05) is 36.0 Å². The van der Waals surface area contributed by atoms with Gasteiger partial charge in [-0.15, -0.1) is 22.7 Å². The van der Waals surface area contributed by atoms with Gasteiger partial charge in [-0.1, -0.05) is 53.4 Å². The van der Waals surface area contributed by atoms with Gasteiger partial charge in [-0.05, 0) is 72.8 Å². The number of hydrogen-bond donors (Lipinski definition) is 0. The summed E-state index contributed by atoms with van der Waals surface area (Å²) in [6, 6.07) is 11.6. The van der Waals surface area contributed by atoms with Crippen molar-refractivity contribution in [3.05, 3.63) is 67.9 Å². The Hall–Kier alpha value is -3.50. The second-order valence-electron chi connectivity index (χ2n) is 11.3. The molecule has 44 heavy (non-hydrogen) atoms. The van der Waals surface area contributed by atoms with Gasteiger partial charge in [0.2, 0.25) is 11.9 Å². The van der Waals surface area contributed by atoms with Crippen LogP contribution in [0.5, 0.6) is 0 Å². The van der Waals surface area contributed by atoms with Crippen molar-refractivity contribution in [3.63, 3.8) is 0 Å². The Bertz CT molecular complexity index is 1640. The quantitative estimate of drug-likeness (QED) is 0.110. The Morgan fingerprint density at radius 1 is 0.568 bits per heavy atom. The Labute approximate surface area is 267 Å². The number of anilines is 2. The van der Waals surface area contributed by atoms with Crippen molar-refractivity contribution in [3.8, 4) is 11.4 Å². The first kappa shape index (κ1) is 31.9. The van der Waals surface area contributed by atoms with Crippen molar-refractivity contribution in [2.24, 2.45) is 0 Å². The number of rotatable bonds is 16. The van der Waals surface area contributed by atoms with E-state index in [2.05, 4.69) is 37.5 Å². The zero-order valence-electron chi connectivity index (χ0n) is 26.4. The van der Waals surface area contributed by atoms with Crippen LogP contribution in [0.25, 0.3) is 31.8 Å². The van der Waals surface area contributed by atoms with Gasteiger partial charge in [0.1, 0.15) is 9.40 Å². The topological polar surface area (TPSA) is 76.3 Å². The molecule has 0 N–H and O–H groups in total. The highest BCUT2D eigenvalue weighted by Crippen LogP contribution is 2.26. The lowest BCUT2D eigenvalue weighted by Gasteiger charge is -2.27. The summed E-state index contributed by atoms with van der Waals surface area (Å²) in [6.45, 7) is 12.1. The van der Waals surface area contributed by atoms with Crippen molar-refractivity contribution >= 4 is 55.0 Å². The van der Waals surface area contributed by atoms with E-state index in [-0.39, 0.29) is 11.1 Å². The minimum absolute atomic E-state index is 0.0596. The van der Waals surface area contributed by atoms with Gasteiger partial charge in [-0.25, -0.2) is 19.1 Å². The van der Waals surface area contributed by atoms with E-state index in [0.717, 1.165) is 100.0 Å². The number of nitrogens with zero attached hydrogens (tertiary/aromatic N) is 6. The number of unbranched alkanes of at least 4 members (excludes halogenated alkanes) is 4. The van der Waals surface area contributed by atoms with E-state index in [1.165, 1.54) is 22.7 Å². The minimum Gasteiger partial charge on any atom is -0.342 e. The molecule has 0 unspecified atom stereocenters. The third kappa shape index (κ3) is 6.61. The van der Waals surface area contributed by atoms with E-state index in [9.17, 15) is 9.59 Å². The SMILES string of the molecule is CCCCN(CCCC)c1nc2ccsc2c(=O)n1-c1ccc(-n2c(N(CCCC)CCCC)nc3ccsc3c2=O)cc1. The first-order valence-electron chi connectivity index (χ1n) is 16.1. The highest BCUT2D eigenvalue weighted by atomic mass is 32.1. The molecule has 0 aliphatic rings. The van der Waals surface area contributed by atoms with Crippen LogP contribution >= 0.6 is 22.7 Å². The molecule has 8 nitrogen and oxygen atoms in total. The molecule has 1 aromatic carbocycles. The van der Waals surface area contributed by atoms with Crippen LogP contribution in [-0.2, 0) is 0 Å². The largest absolute Gasteiger partial charge is 0.342 e. The molecule has 0 aliphatic heterocycles. The molecule has 4 heterocycles. The Balaban J connectivity index is 1.64. The summed E-state index contributed by atoms with van der Waals surface area (Å²) >= 11 is 2.86. The fraction of sp³-hybridized carbons (Fsp3) is 0.471. The van der Waals surface area contributed by atoms with Crippen molar-refractivity contribution < 1.29 is 0 Å². The fourth-order valence-electron chi connectivity index (χ4n) is 5.46. The van der Waals surface area contributed by atoms with Gasteiger partial charge >= 0.3 is 0 Å². The summed E-state index contributed by atoms with van der Waals surface area (Å²) in [5.74, 6) is 1.36. The van der Waals surface area contributed by atoms with E-state index in [1.807, 2.05) is 47.2 Å². The first-order chi connectivity index (χ1) is 21.5. The van der Waals surface area contributed by atoms with E-state index < -0.39 is 0 Å². The van der Waals surface area contributed by atoms with Crippen LogP contribution in [0, 0.1) is 0 Å². The second-order valence-corrected chi connectivity index (χ2v) is 13.1. The van der Waals surface area contributed by atoms with Gasteiger partial charge < -0.3 is 9.80 Å². The lowest BCUT2D eigenvalue weighted by molar-refractivity contribution is 0.653. The standard InChI is InChI=1S/C34H44N6O2S2/c1-5-9-19-37(20-10-6-2)33-35-27-17-23-43-29(27)31(41)39(33)25-13-15-26(16-14-25)40-32(42)30-28(18-24-44-30)36-34(40)38(21-11-7-3)22-12-8-4/h13-18,23-24H,5-12,19-22H2,1-4H3. The lowest BCUT2D eigenvalue weighted by Crippen LogP contribution is -2.34. The average molecular weight is 633 g/mol. The summed E-state index contributed by atoms with van der Waals surface area (Å²) in [5, 5.41) is 3.87. The summed E-state index contributed by atoms with van der Waals surface area (Å²) in [6.07, 6.45) is 8.36. The van der Waals surface area contributed by atoms with Gasteiger partial charge in [-0.2, -0.15) is 0 Å². The van der Waals surface area contributed by atoms with Crippen LogP contribution in [-0.4, -0.2) is 45.3 Å². The molecule has 0 amide bonds. The second kappa shape index (κ2) is 15.0. The van der Waals surface area contributed by atoms with Crippen molar-refractivity contribution in [2.45, 2.75) is 79.1 Å². The predicted molar refractivity (Wildman–Crippen MR) is 188 cm³/mol. The Morgan fingerprint density at radius 3 is 1.23 bits per heavy atom. The number of thiophene rings is 2. The lowest BCUT2D eigenvalue weighted by atomic mass is 10.2. The normalized spacial score (nSPS) is 11.5. The number of fused-ring (bicyclic) bond motifs is 2. The Kier molecular flexibility index (Phi) is 10.9. The maximum atomic E-state index is 14.0. The predicted octanol–water partition coefficient (Wildman–Crippen LogP) is 8.02. The maximum Gasteiger partial charge on any atom is 0.277 e. The van der Waals surface area contributed by atoms with Crippen LogP contribution in [0.2, 0.25) is 0 Å². The van der Waals surface area contributed by atoms with Gasteiger partial charge in [0.15, 0.2) is 0 Å². The maximum absolute atomic E-state index is 14.0. The summed E-state index contributed by atoms with van der Waals surface area (Å²) in [5.41, 5.74) is 2.84. The molecule has 5 aromatic rings. The molecule has 0 atom stereocenters. The summed E-state index contributed by atoms with van der Waals surface area (Å²) in [4.78, 5) is 42.5. The molecule has 0 bridgehead atoms. The molecule has 10 heteroatoms. The van der Waals surface area contributed by atoms with Crippen LogP contribution in [0.4, 0.5) is 11.9 Å². The van der Waals surface area contributed by atoms with Crippen LogP contribution in [0.1, 0.15) is 79.1 Å². The van der Waals surface area contributed by atoms with Gasteiger partial charge in [0.05, 0.1) is 22.4 Å². The fourth-order valence-corrected chi connectivity index (χ4v) is 6.98. The van der Waals surface area contributed by atoms with Crippen molar-refractivity contribution in [1.82, 2.24) is 19.1 Å². The zero-order valence-corrected chi connectivity index (χ0v) is 28.1. The third-order valence-electron chi connectivity index (χ3n) is 7.98. The minimum atomic E-state index is -0.0596. The zero-order chi connectivity index (χ0) is 31.1. The van der Waals surface area contributed by atoms with E-state index in [4.69, 9.17) is 9.97 Å². The highest BCUT2D eigenvalue weighted by molar-refractivity contribution is 7.17. The summed E-state index contributed by atoms with van der Waals surface area (Å²) < 4.78 is 4.81. The van der Waals surface area contributed by atoms with Gasteiger partial charge in [-0.3, -0.25) is 9.59 Å². The molecular formula is C34H44N6O2S2. The molecule has 0 aliphatic carbocycles. The van der Waals surface area contributed by atoms with E-state index in [0.29, 0.717) is 21.3 Å². The number of hydrogen-bond acceptors (Lipinski definition) is 8. The highest BCUT2D eigenvalue weighted by Gasteiger charge is 2.21. The molecule has 0 saturated carbocycles.